The number of hydrogen-bond acceptors (Lipinski definition) is 6. The average molecular weight is 397 g/mol. The number of hydrogen-bond donors (Lipinski definition) is 1. The highest BCUT2D eigenvalue weighted by Gasteiger charge is 2.24. The Morgan fingerprint density at radius 2 is 1.45 bits per heavy atom. The van der Waals surface area contributed by atoms with Gasteiger partial charge in [0.25, 0.3) is 0 Å². The van der Waals surface area contributed by atoms with Crippen LogP contribution in [0.4, 0.5) is 4.79 Å². The molecule has 29 heavy (non-hydrogen) atoms. The van der Waals surface area contributed by atoms with E-state index in [9.17, 15) is 14.4 Å². The van der Waals surface area contributed by atoms with Gasteiger partial charge in [-0.25, -0.2) is 9.59 Å². The van der Waals surface area contributed by atoms with E-state index in [4.69, 9.17) is 14.2 Å². The summed E-state index contributed by atoms with van der Waals surface area (Å²) in [4.78, 5) is 36.0. The molecule has 1 amide bonds. The molecule has 0 saturated heterocycles. The highest BCUT2D eigenvalue weighted by molar-refractivity contribution is 5.82. The molecule has 0 fully saturated rings. The van der Waals surface area contributed by atoms with E-state index in [0.29, 0.717) is 0 Å². The summed E-state index contributed by atoms with van der Waals surface area (Å²) in [6.45, 7) is 3.50. The van der Waals surface area contributed by atoms with Crippen molar-refractivity contribution in [1.29, 1.82) is 0 Å². The molecule has 0 aliphatic heterocycles. The zero-order chi connectivity index (χ0) is 20.9. The number of nitrogens with one attached hydrogen (secondary N) is 1. The first-order valence-electron chi connectivity index (χ1n) is 9.06. The van der Waals surface area contributed by atoms with Gasteiger partial charge in [0.05, 0.1) is 6.26 Å². The van der Waals surface area contributed by atoms with Crippen LogP contribution >= 0.6 is 0 Å². The quantitative estimate of drug-likeness (QED) is 0.375. The fourth-order valence-electron chi connectivity index (χ4n) is 2.39. The van der Waals surface area contributed by atoms with E-state index >= 15 is 0 Å². The van der Waals surface area contributed by atoms with E-state index in [1.807, 2.05) is 48.5 Å². The molecule has 0 aliphatic carbocycles. The second-order valence-electron chi connectivity index (χ2n) is 6.05. The van der Waals surface area contributed by atoms with E-state index in [2.05, 4.69) is 11.9 Å². The standard InChI is InChI=1S/C22H23NO6/c1-2-27-21(25)19(23-22(26)29-16-18-11-7-4-8-12-18)13-14-20(24)28-15-17-9-5-3-6-10-17/h2-12,19H,1,13-16H2,(H,23,26)/t19-/m0/s1. The second-order valence-corrected chi connectivity index (χ2v) is 6.05. The van der Waals surface area contributed by atoms with Crippen LogP contribution in [-0.4, -0.2) is 24.1 Å². The Morgan fingerprint density at radius 1 is 0.897 bits per heavy atom. The summed E-state index contributed by atoms with van der Waals surface area (Å²) in [5.74, 6) is -1.24. The van der Waals surface area contributed by atoms with Crippen LogP contribution in [0.3, 0.4) is 0 Å². The number of ether oxygens (including phenoxy) is 3. The summed E-state index contributed by atoms with van der Waals surface area (Å²) in [5.41, 5.74) is 1.66. The fraction of sp³-hybridized carbons (Fsp3) is 0.227. The van der Waals surface area contributed by atoms with Gasteiger partial charge < -0.3 is 19.5 Å². The van der Waals surface area contributed by atoms with E-state index in [-0.39, 0.29) is 26.1 Å². The Morgan fingerprint density at radius 3 is 2.00 bits per heavy atom. The Bertz CT molecular complexity index is 807. The molecule has 152 valence electrons. The van der Waals surface area contributed by atoms with Gasteiger partial charge in [0.15, 0.2) is 0 Å². The smallest absolute Gasteiger partial charge is 0.408 e. The molecule has 7 heteroatoms. The number of carbonyl (C=O) groups is 3. The minimum Gasteiger partial charge on any atom is -0.461 e. The third-order valence-electron chi connectivity index (χ3n) is 3.87. The van der Waals surface area contributed by atoms with Gasteiger partial charge in [-0.3, -0.25) is 4.79 Å². The topological polar surface area (TPSA) is 90.9 Å². The van der Waals surface area contributed by atoms with Crippen molar-refractivity contribution in [3.05, 3.63) is 84.6 Å². The Kier molecular flexibility index (Phi) is 8.95. The lowest BCUT2D eigenvalue weighted by molar-refractivity contribution is -0.146. The average Bonchev–Trinajstić information content (AvgIpc) is 2.75. The van der Waals surface area contributed by atoms with Crippen LogP contribution in [0, 0.1) is 0 Å². The first-order valence-corrected chi connectivity index (χ1v) is 9.06. The van der Waals surface area contributed by atoms with Gasteiger partial charge in [-0.15, -0.1) is 0 Å². The summed E-state index contributed by atoms with van der Waals surface area (Å²) in [6, 6.07) is 17.3. The van der Waals surface area contributed by atoms with Crippen LogP contribution in [-0.2, 0) is 37.0 Å². The predicted molar refractivity (Wildman–Crippen MR) is 105 cm³/mol. The maximum absolute atomic E-state index is 12.0. The van der Waals surface area contributed by atoms with Gasteiger partial charge in [0.1, 0.15) is 19.3 Å². The number of amides is 1. The normalized spacial score (nSPS) is 11.0. The lowest BCUT2D eigenvalue weighted by Crippen LogP contribution is -2.42. The third-order valence-corrected chi connectivity index (χ3v) is 3.87. The fourth-order valence-corrected chi connectivity index (χ4v) is 2.39. The molecular weight excluding hydrogens is 374 g/mol. The molecule has 0 aliphatic rings. The van der Waals surface area contributed by atoms with Crippen molar-refractivity contribution in [2.45, 2.75) is 32.1 Å². The molecule has 0 unspecified atom stereocenters. The van der Waals surface area contributed by atoms with Crippen LogP contribution in [0.1, 0.15) is 24.0 Å². The number of carbonyl (C=O) groups excluding carboxylic acids is 3. The van der Waals surface area contributed by atoms with Gasteiger partial charge in [0, 0.05) is 6.42 Å². The zero-order valence-corrected chi connectivity index (χ0v) is 15.9. The summed E-state index contributed by atoms with van der Waals surface area (Å²) < 4.78 is 15.0. The van der Waals surface area contributed by atoms with Crippen LogP contribution in [0.25, 0.3) is 0 Å². The molecule has 2 aromatic rings. The first-order chi connectivity index (χ1) is 14.1. The highest BCUT2D eigenvalue weighted by Crippen LogP contribution is 2.07. The Labute approximate surface area is 169 Å². The number of benzene rings is 2. The molecule has 0 aromatic heterocycles. The zero-order valence-electron chi connectivity index (χ0n) is 15.9. The summed E-state index contributed by atoms with van der Waals surface area (Å²) in [6.07, 6.45) is 0.0845. The van der Waals surface area contributed by atoms with Gasteiger partial charge in [-0.05, 0) is 17.5 Å². The van der Waals surface area contributed by atoms with Gasteiger partial charge in [0.2, 0.25) is 0 Å². The predicted octanol–water partition coefficient (Wildman–Crippen LogP) is 3.49. The van der Waals surface area contributed by atoms with E-state index in [1.54, 1.807) is 12.1 Å². The van der Waals surface area contributed by atoms with E-state index in [1.165, 1.54) is 0 Å². The second kappa shape index (κ2) is 12.0. The van der Waals surface area contributed by atoms with E-state index in [0.717, 1.165) is 17.4 Å². The Hall–Kier alpha value is -3.61. The number of esters is 2. The molecule has 2 aromatic carbocycles. The molecule has 0 heterocycles. The maximum atomic E-state index is 12.0. The maximum Gasteiger partial charge on any atom is 0.408 e. The van der Waals surface area contributed by atoms with Crippen LogP contribution < -0.4 is 5.32 Å². The SMILES string of the molecule is C=COC(=O)[C@H](CCC(=O)OCc1ccccc1)NC(=O)OCc1ccccc1. The minimum atomic E-state index is -1.07. The van der Waals surface area contributed by atoms with Gasteiger partial charge >= 0.3 is 18.0 Å². The van der Waals surface area contributed by atoms with Crippen molar-refractivity contribution in [3.63, 3.8) is 0 Å². The van der Waals surface area contributed by atoms with Crippen molar-refractivity contribution in [2.24, 2.45) is 0 Å². The molecule has 0 spiro atoms. The molecule has 0 radical (unpaired) electrons. The molecule has 0 saturated carbocycles. The Balaban J connectivity index is 1.81. The molecule has 1 N–H and O–H groups in total. The number of alkyl carbamates (subject to hydrolysis) is 1. The lowest BCUT2D eigenvalue weighted by atomic mass is 10.1. The largest absolute Gasteiger partial charge is 0.461 e. The van der Waals surface area contributed by atoms with Crippen LogP contribution in [0.5, 0.6) is 0 Å². The summed E-state index contributed by atoms with van der Waals surface area (Å²) in [7, 11) is 0. The summed E-state index contributed by atoms with van der Waals surface area (Å²) in [5, 5.41) is 2.41. The lowest BCUT2D eigenvalue weighted by Gasteiger charge is -2.16. The van der Waals surface area contributed by atoms with Crippen molar-refractivity contribution < 1.29 is 28.6 Å². The monoisotopic (exact) mass is 397 g/mol. The number of rotatable bonds is 10. The first kappa shape index (κ1) is 21.7. The van der Waals surface area contributed by atoms with Crippen LogP contribution in [0.2, 0.25) is 0 Å². The van der Waals surface area contributed by atoms with E-state index < -0.39 is 24.1 Å². The molecule has 2 rings (SSSR count). The van der Waals surface area contributed by atoms with Gasteiger partial charge in [-0.1, -0.05) is 67.2 Å². The van der Waals surface area contributed by atoms with Gasteiger partial charge in [-0.2, -0.15) is 0 Å². The molecule has 7 nitrogen and oxygen atoms in total. The molecule has 0 bridgehead atoms. The highest BCUT2D eigenvalue weighted by atomic mass is 16.6. The minimum absolute atomic E-state index is 0.000728. The summed E-state index contributed by atoms with van der Waals surface area (Å²) >= 11 is 0. The van der Waals surface area contributed by atoms with Crippen LogP contribution in [0.15, 0.2) is 73.5 Å². The molecular formula is C22H23NO6. The molecule has 1 atom stereocenters. The van der Waals surface area contributed by atoms with Crippen molar-refractivity contribution in [2.75, 3.05) is 0 Å². The third kappa shape index (κ3) is 8.30. The van der Waals surface area contributed by atoms with Crippen molar-refractivity contribution >= 4 is 18.0 Å². The van der Waals surface area contributed by atoms with Crippen molar-refractivity contribution in [1.82, 2.24) is 5.32 Å². The van der Waals surface area contributed by atoms with Crippen molar-refractivity contribution in [3.8, 4) is 0 Å².